The number of carbonyl (C=O) groups excluding carboxylic acids is 2. The summed E-state index contributed by atoms with van der Waals surface area (Å²) in [6.07, 6.45) is 14.3. The molecule has 0 aliphatic carbocycles. The Balaban J connectivity index is -0.000000272. The summed E-state index contributed by atoms with van der Waals surface area (Å²) < 4.78 is 18.8. The van der Waals surface area contributed by atoms with Crippen molar-refractivity contribution in [3.8, 4) is 0 Å². The fourth-order valence-electron chi connectivity index (χ4n) is 2.49. The molecule has 0 aromatic rings. The van der Waals surface area contributed by atoms with E-state index in [2.05, 4.69) is 13.8 Å². The van der Waals surface area contributed by atoms with E-state index in [0.717, 1.165) is 25.7 Å². The van der Waals surface area contributed by atoms with Crippen LogP contribution in [-0.2, 0) is 23.6 Å². The smallest absolute Gasteiger partial charge is 0.822 e. The molecule has 0 fully saturated rings. The van der Waals surface area contributed by atoms with Crippen molar-refractivity contribution >= 4 is 19.8 Å². The van der Waals surface area contributed by atoms with Crippen molar-refractivity contribution in [2.75, 3.05) is 13.2 Å². The van der Waals surface area contributed by atoms with Gasteiger partial charge in [-0.2, -0.15) is 7.82 Å². The van der Waals surface area contributed by atoms with Crippen LogP contribution in [0, 0.1) is 0 Å². The van der Waals surface area contributed by atoms with Gasteiger partial charge in [0.05, 0.1) is 26.1 Å². The van der Waals surface area contributed by atoms with E-state index in [1.54, 1.807) is 0 Å². The Morgan fingerprint density at radius 3 is 1.12 bits per heavy atom. The van der Waals surface area contributed by atoms with Crippen molar-refractivity contribution in [2.24, 2.45) is 0 Å². The van der Waals surface area contributed by atoms with Crippen LogP contribution in [0.3, 0.4) is 0 Å². The molecule has 0 saturated carbocycles. The van der Waals surface area contributed by atoms with Crippen molar-refractivity contribution in [2.45, 2.75) is 104 Å². The van der Waals surface area contributed by atoms with Crippen molar-refractivity contribution < 1.29 is 127 Å². The number of hydrogen-bond acceptors (Lipinski definition) is 8. The van der Waals surface area contributed by atoms with E-state index >= 15 is 0 Å². The van der Waals surface area contributed by atoms with Crippen LogP contribution in [-0.4, -0.2) is 25.2 Å². The standard InChI is InChI=1S/C20H38O4.3Na.H3O4P/c1-3-5-7-9-11-13-17-23-19(21)15-16-20(22)24-18-14-12-10-8-6-4-2;;;;1-5(2,3)4/h3-18H2,1-2H3;;;;(H3,1,2,3,4)/q;3*+1;/p-3. The second kappa shape index (κ2) is 33.0. The maximum atomic E-state index is 11.5. The van der Waals surface area contributed by atoms with Gasteiger partial charge in [-0.05, 0) is 12.8 Å². The Morgan fingerprint density at radius 2 is 0.844 bits per heavy atom. The first-order valence-electron chi connectivity index (χ1n) is 10.7. The zero-order valence-corrected chi connectivity index (χ0v) is 27.9. The largest absolute Gasteiger partial charge is 1.00 e. The zero-order chi connectivity index (χ0) is 22.4. The summed E-state index contributed by atoms with van der Waals surface area (Å²) in [6.45, 7) is 5.33. The fourth-order valence-corrected chi connectivity index (χ4v) is 2.49. The summed E-state index contributed by atoms with van der Waals surface area (Å²) in [5.74, 6) is -0.583. The van der Waals surface area contributed by atoms with Gasteiger partial charge >= 0.3 is 101 Å². The molecule has 0 radical (unpaired) electrons. The number of carbonyl (C=O) groups is 2. The van der Waals surface area contributed by atoms with Gasteiger partial charge in [-0.25, -0.2) is 0 Å². The van der Waals surface area contributed by atoms with Gasteiger partial charge in [0.1, 0.15) is 0 Å². The third kappa shape index (κ3) is 49.2. The molecule has 0 unspecified atom stereocenters. The number of rotatable bonds is 17. The molecule has 0 saturated heterocycles. The summed E-state index contributed by atoms with van der Waals surface area (Å²) in [6, 6.07) is 0. The maximum Gasteiger partial charge on any atom is 1.00 e. The minimum atomic E-state index is -5.39. The molecule has 0 atom stereocenters. The Morgan fingerprint density at radius 1 is 0.594 bits per heavy atom. The van der Waals surface area contributed by atoms with E-state index in [4.69, 9.17) is 28.7 Å². The molecular weight excluding hydrogens is 468 g/mol. The van der Waals surface area contributed by atoms with E-state index < -0.39 is 7.82 Å². The Kier molecular flexibility index (Phi) is 45.5. The zero-order valence-electron chi connectivity index (χ0n) is 21.0. The fraction of sp³-hybridized carbons (Fsp3) is 0.900. The molecule has 8 nitrogen and oxygen atoms in total. The molecule has 0 N–H and O–H groups in total. The molecule has 0 aromatic heterocycles. The molecular formula is C20H38Na3O8P. The van der Waals surface area contributed by atoms with Crippen LogP contribution in [0.4, 0.5) is 0 Å². The first kappa shape index (κ1) is 44.1. The van der Waals surface area contributed by atoms with Crippen LogP contribution in [0.5, 0.6) is 0 Å². The van der Waals surface area contributed by atoms with Gasteiger partial charge in [0.2, 0.25) is 0 Å². The normalized spacial score (nSPS) is 9.78. The average molecular weight is 506 g/mol. The van der Waals surface area contributed by atoms with Gasteiger partial charge < -0.3 is 28.7 Å². The predicted molar refractivity (Wildman–Crippen MR) is 106 cm³/mol. The number of ether oxygens (including phenoxy) is 2. The van der Waals surface area contributed by atoms with E-state index in [9.17, 15) is 9.59 Å². The molecule has 0 heterocycles. The second-order valence-corrected chi connectivity index (χ2v) is 7.82. The molecule has 12 heteroatoms. The number of unbranched alkanes of at least 4 members (excludes halogenated alkanes) is 10. The van der Waals surface area contributed by atoms with Crippen molar-refractivity contribution in [1.29, 1.82) is 0 Å². The number of hydrogen-bond donors (Lipinski definition) is 0. The van der Waals surface area contributed by atoms with Gasteiger partial charge in [-0.15, -0.1) is 0 Å². The Labute approximate surface area is 260 Å². The van der Waals surface area contributed by atoms with Crippen LogP contribution in [0.15, 0.2) is 0 Å². The Bertz CT molecular complexity index is 412. The maximum absolute atomic E-state index is 11.5. The molecule has 0 spiro atoms. The summed E-state index contributed by atoms with van der Waals surface area (Å²) in [5, 5.41) is 0. The summed E-state index contributed by atoms with van der Waals surface area (Å²) in [5.41, 5.74) is 0. The van der Waals surface area contributed by atoms with E-state index in [-0.39, 0.29) is 113 Å². The second-order valence-electron chi connectivity index (χ2n) is 6.92. The van der Waals surface area contributed by atoms with Gasteiger partial charge in [0.25, 0.3) is 0 Å². The topological polar surface area (TPSA) is 139 Å². The monoisotopic (exact) mass is 506 g/mol. The van der Waals surface area contributed by atoms with Crippen LogP contribution in [0.1, 0.15) is 104 Å². The molecule has 0 aromatic carbocycles. The average Bonchev–Trinajstić information content (AvgIpc) is 2.63. The summed E-state index contributed by atoms with van der Waals surface area (Å²) >= 11 is 0. The number of phosphoric acid groups is 1. The van der Waals surface area contributed by atoms with Gasteiger partial charge in [-0.1, -0.05) is 78.1 Å². The minimum absolute atomic E-state index is 0. The molecule has 0 aliphatic heterocycles. The first-order chi connectivity index (χ1) is 13.7. The third-order valence-electron chi connectivity index (χ3n) is 4.06. The van der Waals surface area contributed by atoms with Crippen LogP contribution < -0.4 is 103 Å². The van der Waals surface area contributed by atoms with Crippen LogP contribution >= 0.6 is 7.82 Å². The quantitative estimate of drug-likeness (QED) is 0.0822. The first-order valence-corrected chi connectivity index (χ1v) is 12.2. The van der Waals surface area contributed by atoms with Gasteiger partial charge in [-0.3, -0.25) is 9.59 Å². The SMILES string of the molecule is CCCCCCCCOC(=O)CCC(=O)OCCCCCCCC.O=P([O-])([O-])[O-].[Na+].[Na+].[Na+]. The predicted octanol–water partition coefficient (Wildman–Crippen LogP) is -6.24. The molecule has 174 valence electrons. The van der Waals surface area contributed by atoms with Crippen molar-refractivity contribution in [1.82, 2.24) is 0 Å². The van der Waals surface area contributed by atoms with Crippen molar-refractivity contribution in [3.05, 3.63) is 0 Å². The van der Waals surface area contributed by atoms with E-state index in [1.807, 2.05) is 0 Å². The van der Waals surface area contributed by atoms with Gasteiger partial charge in [0, 0.05) is 0 Å². The number of esters is 2. The van der Waals surface area contributed by atoms with E-state index in [1.165, 1.54) is 51.4 Å². The van der Waals surface area contributed by atoms with Gasteiger partial charge in [0.15, 0.2) is 0 Å². The molecule has 32 heavy (non-hydrogen) atoms. The summed E-state index contributed by atoms with van der Waals surface area (Å²) in [4.78, 5) is 48.7. The van der Waals surface area contributed by atoms with Crippen molar-refractivity contribution in [3.63, 3.8) is 0 Å². The minimum Gasteiger partial charge on any atom is -0.822 e. The molecule has 0 rings (SSSR count). The van der Waals surface area contributed by atoms with E-state index in [0.29, 0.717) is 13.2 Å². The third-order valence-corrected chi connectivity index (χ3v) is 4.06. The van der Waals surface area contributed by atoms with Crippen LogP contribution in [0.25, 0.3) is 0 Å². The molecule has 0 amide bonds. The molecule has 0 bridgehead atoms. The Hall–Kier alpha value is 2.05. The van der Waals surface area contributed by atoms with Crippen LogP contribution in [0.2, 0.25) is 0 Å². The molecule has 0 aliphatic rings. The summed E-state index contributed by atoms with van der Waals surface area (Å²) in [7, 11) is -5.39.